The summed E-state index contributed by atoms with van der Waals surface area (Å²) in [6.07, 6.45) is 3.03. The van der Waals surface area contributed by atoms with Gasteiger partial charge < -0.3 is 9.64 Å². The summed E-state index contributed by atoms with van der Waals surface area (Å²) < 4.78 is 46.5. The van der Waals surface area contributed by atoms with Gasteiger partial charge in [-0.1, -0.05) is 24.3 Å². The van der Waals surface area contributed by atoms with Crippen molar-refractivity contribution in [2.75, 3.05) is 13.2 Å². The first-order valence-electron chi connectivity index (χ1n) is 11.4. The van der Waals surface area contributed by atoms with Crippen LogP contribution in [0, 0.1) is 5.82 Å². The van der Waals surface area contributed by atoms with Gasteiger partial charge in [-0.25, -0.2) is 4.39 Å². The van der Waals surface area contributed by atoms with E-state index >= 15 is 0 Å². The fourth-order valence-electron chi connectivity index (χ4n) is 4.26. The Morgan fingerprint density at radius 1 is 1.16 bits per heavy atom. The predicted molar refractivity (Wildman–Crippen MR) is 130 cm³/mol. The number of nitrogens with zero attached hydrogens (tertiary/aromatic N) is 4. The average molecular weight is 524 g/mol. The number of hydrogen-bond donors (Lipinski definition) is 1. The van der Waals surface area contributed by atoms with E-state index in [1.807, 2.05) is 0 Å². The van der Waals surface area contributed by atoms with Crippen LogP contribution < -0.4 is 5.32 Å². The number of pyridine rings is 1. The molecule has 0 bridgehead atoms. The lowest BCUT2D eigenvalue weighted by Gasteiger charge is -2.25. The second-order valence-electron chi connectivity index (χ2n) is 8.41. The van der Waals surface area contributed by atoms with Crippen molar-refractivity contribution in [1.29, 1.82) is 0 Å². The Morgan fingerprint density at radius 3 is 2.78 bits per heavy atom. The number of nitrogens with one attached hydrogen (secondary N) is 1. The topological polar surface area (TPSA) is 123 Å². The number of carbonyl (C=O) groups excluding carboxylic acids is 2. The summed E-state index contributed by atoms with van der Waals surface area (Å²) in [6.45, 7) is 0.618. The number of aromatic nitrogens is 3. The Morgan fingerprint density at radius 2 is 2.00 bits per heavy atom. The first kappa shape index (κ1) is 24.5. The molecule has 5 rings (SSSR count). The lowest BCUT2D eigenvalue weighted by atomic mass is 10.0. The molecule has 190 valence electrons. The molecule has 1 atom stereocenters. The zero-order valence-corrected chi connectivity index (χ0v) is 20.3. The normalized spacial score (nSPS) is 13.9. The van der Waals surface area contributed by atoms with Crippen LogP contribution in [-0.2, 0) is 37.4 Å². The molecule has 0 saturated carbocycles. The fraction of sp³-hybridized carbons (Fsp3) is 0.200. The van der Waals surface area contributed by atoms with Crippen molar-refractivity contribution in [3.8, 4) is 0 Å². The summed E-state index contributed by atoms with van der Waals surface area (Å²) in [5.74, 6) is -0.964. The molecule has 0 aliphatic carbocycles. The molecule has 4 aromatic rings. The van der Waals surface area contributed by atoms with Crippen LogP contribution >= 0.6 is 0 Å². The zero-order valence-electron chi connectivity index (χ0n) is 19.5. The van der Waals surface area contributed by atoms with Gasteiger partial charge in [0.25, 0.3) is 16.5 Å². The number of halogens is 1. The first-order chi connectivity index (χ1) is 17.9. The Kier molecular flexibility index (Phi) is 6.68. The molecule has 1 aliphatic heterocycles. The fourth-order valence-corrected chi connectivity index (χ4v) is 5.46. The standard InChI is InChI=1S/C25H22FN5O5S/c26-21-6-2-1-5-20(21)24(28-10-11-36-16-32)25(33)30-13-18-14-31(29-23(18)15-30)37(34,35)19-7-8-22-17(12-19)4-3-9-27-22/h1-9,12,14,16,24,28H,10-11,13,15H2/t24-/m1/s1. The van der Waals surface area contributed by atoms with Crippen LogP contribution in [0.1, 0.15) is 22.9 Å². The Labute approximate surface area is 211 Å². The number of benzene rings is 2. The Hall–Kier alpha value is -4.16. The smallest absolute Gasteiger partial charge is 0.293 e. The Bertz CT molecular complexity index is 1570. The summed E-state index contributed by atoms with van der Waals surface area (Å²) >= 11 is 0. The Balaban J connectivity index is 1.35. The number of carbonyl (C=O) groups is 2. The van der Waals surface area contributed by atoms with Crippen molar-refractivity contribution >= 4 is 33.3 Å². The van der Waals surface area contributed by atoms with Gasteiger partial charge in [0.15, 0.2) is 0 Å². The van der Waals surface area contributed by atoms with E-state index in [1.54, 1.807) is 36.5 Å². The van der Waals surface area contributed by atoms with E-state index in [-0.39, 0.29) is 36.7 Å². The third-order valence-corrected chi connectivity index (χ3v) is 7.62. The van der Waals surface area contributed by atoms with Crippen LogP contribution in [0.4, 0.5) is 4.39 Å². The van der Waals surface area contributed by atoms with Gasteiger partial charge in [0.05, 0.1) is 22.7 Å². The average Bonchev–Trinajstić information content (AvgIpc) is 3.49. The first-order valence-corrected chi connectivity index (χ1v) is 12.8. The maximum atomic E-state index is 14.5. The van der Waals surface area contributed by atoms with Gasteiger partial charge in [-0.2, -0.15) is 17.6 Å². The SMILES string of the molecule is O=COCCN[C@@H](C(=O)N1Cc2cn(S(=O)(=O)c3ccc4ncccc4c3)nc2C1)c1ccccc1F. The van der Waals surface area contributed by atoms with Crippen LogP contribution in [0.2, 0.25) is 0 Å². The third kappa shape index (κ3) is 4.80. The largest absolute Gasteiger partial charge is 0.467 e. The van der Waals surface area contributed by atoms with Crippen molar-refractivity contribution in [3.63, 3.8) is 0 Å². The molecule has 37 heavy (non-hydrogen) atoms. The molecule has 2 aromatic carbocycles. The maximum absolute atomic E-state index is 14.5. The molecule has 1 aliphatic rings. The van der Waals surface area contributed by atoms with Crippen LogP contribution in [0.25, 0.3) is 10.9 Å². The molecule has 2 aromatic heterocycles. The summed E-state index contributed by atoms with van der Waals surface area (Å²) in [5.41, 5.74) is 1.85. The van der Waals surface area contributed by atoms with Crippen LogP contribution in [0.5, 0.6) is 0 Å². The molecule has 0 unspecified atom stereocenters. The van der Waals surface area contributed by atoms with Gasteiger partial charge in [-0.05, 0) is 30.3 Å². The summed E-state index contributed by atoms with van der Waals surface area (Å²) in [5, 5.41) is 7.88. The molecule has 0 radical (unpaired) electrons. The number of hydrogen-bond acceptors (Lipinski definition) is 8. The van der Waals surface area contributed by atoms with Crippen molar-refractivity contribution < 1.29 is 27.1 Å². The van der Waals surface area contributed by atoms with E-state index < -0.39 is 27.8 Å². The second kappa shape index (κ2) is 10.1. The van der Waals surface area contributed by atoms with Gasteiger partial charge in [-0.3, -0.25) is 19.9 Å². The van der Waals surface area contributed by atoms with Crippen LogP contribution in [0.3, 0.4) is 0 Å². The van der Waals surface area contributed by atoms with E-state index in [0.29, 0.717) is 28.6 Å². The van der Waals surface area contributed by atoms with E-state index in [0.717, 1.165) is 4.09 Å². The highest BCUT2D eigenvalue weighted by atomic mass is 32.2. The molecule has 0 saturated heterocycles. The van der Waals surface area contributed by atoms with Gasteiger partial charge in [-0.15, -0.1) is 0 Å². The van der Waals surface area contributed by atoms with E-state index in [9.17, 15) is 22.4 Å². The molecular weight excluding hydrogens is 501 g/mol. The summed E-state index contributed by atoms with van der Waals surface area (Å²) in [7, 11) is -3.96. The molecule has 0 spiro atoms. The minimum absolute atomic E-state index is 0.0112. The highest BCUT2D eigenvalue weighted by molar-refractivity contribution is 7.89. The minimum Gasteiger partial charge on any atom is -0.467 e. The lowest BCUT2D eigenvalue weighted by Crippen LogP contribution is -2.40. The lowest BCUT2D eigenvalue weighted by molar-refractivity contribution is -0.134. The predicted octanol–water partition coefficient (Wildman–Crippen LogP) is 2.15. The van der Waals surface area contributed by atoms with Crippen molar-refractivity contribution in [2.24, 2.45) is 0 Å². The third-order valence-electron chi connectivity index (χ3n) is 6.09. The maximum Gasteiger partial charge on any atom is 0.293 e. The van der Waals surface area contributed by atoms with Crippen LogP contribution in [-0.4, -0.2) is 53.0 Å². The van der Waals surface area contributed by atoms with E-state index in [1.165, 1.54) is 35.4 Å². The number of amides is 1. The number of ether oxygens (including phenoxy) is 1. The van der Waals surface area contributed by atoms with Crippen LogP contribution in [0.15, 0.2) is 71.9 Å². The molecule has 10 nitrogen and oxygen atoms in total. The van der Waals surface area contributed by atoms with Crippen molar-refractivity contribution in [3.05, 3.63) is 89.6 Å². The number of rotatable bonds is 9. The van der Waals surface area contributed by atoms with Gasteiger partial charge in [0, 0.05) is 42.0 Å². The van der Waals surface area contributed by atoms with Crippen molar-refractivity contribution in [2.45, 2.75) is 24.0 Å². The summed E-state index contributed by atoms with van der Waals surface area (Å²) in [6, 6.07) is 13.0. The monoisotopic (exact) mass is 523 g/mol. The van der Waals surface area contributed by atoms with Gasteiger partial charge >= 0.3 is 0 Å². The van der Waals surface area contributed by atoms with E-state index in [2.05, 4.69) is 20.1 Å². The van der Waals surface area contributed by atoms with Crippen molar-refractivity contribution in [1.82, 2.24) is 24.4 Å². The molecule has 12 heteroatoms. The molecule has 1 N–H and O–H groups in total. The van der Waals surface area contributed by atoms with E-state index in [4.69, 9.17) is 0 Å². The highest BCUT2D eigenvalue weighted by Gasteiger charge is 2.34. The molecule has 0 fully saturated rings. The number of fused-ring (bicyclic) bond motifs is 2. The summed E-state index contributed by atoms with van der Waals surface area (Å²) in [4.78, 5) is 29.6. The second-order valence-corrected chi connectivity index (χ2v) is 10.2. The quantitative estimate of drug-likeness (QED) is 0.262. The van der Waals surface area contributed by atoms with Gasteiger partial charge in [0.1, 0.15) is 18.5 Å². The molecule has 1 amide bonds. The molecule has 3 heterocycles. The minimum atomic E-state index is -3.96. The zero-order chi connectivity index (χ0) is 26.0. The molecular formula is C25H22FN5O5S. The highest BCUT2D eigenvalue weighted by Crippen LogP contribution is 2.28. The van der Waals surface area contributed by atoms with Gasteiger partial charge in [0.2, 0.25) is 5.91 Å².